The van der Waals surface area contributed by atoms with Crippen LogP contribution >= 0.6 is 0 Å². The molecule has 80 valence electrons. The van der Waals surface area contributed by atoms with Gasteiger partial charge < -0.3 is 10.4 Å². The van der Waals surface area contributed by atoms with Crippen molar-refractivity contribution in [3.05, 3.63) is 0 Å². The second kappa shape index (κ2) is 4.28. The topological polar surface area (TPSA) is 52.6 Å². The summed E-state index contributed by atoms with van der Waals surface area (Å²) < 4.78 is 0. The van der Waals surface area contributed by atoms with Crippen molar-refractivity contribution < 1.29 is 9.90 Å². The van der Waals surface area contributed by atoms with Crippen LogP contribution in [0.25, 0.3) is 0 Å². The summed E-state index contributed by atoms with van der Waals surface area (Å²) in [5, 5.41) is 12.4. The quantitative estimate of drug-likeness (QED) is 0.669. The minimum Gasteiger partial charge on any atom is -0.480 e. The number of piperidine rings is 1. The number of carboxylic acids is 1. The first-order valence-corrected chi connectivity index (χ1v) is 5.48. The maximum Gasteiger partial charge on any atom is 0.320 e. The Labute approximate surface area is 84.3 Å². The Morgan fingerprint density at radius 1 is 1.29 bits per heavy atom. The molecule has 2 saturated heterocycles. The van der Waals surface area contributed by atoms with Gasteiger partial charge in [0.05, 0.1) is 0 Å². The number of carboxylic acid groups (broad SMARTS) is 1. The number of nitrogens with zero attached hydrogens (tertiary/aromatic N) is 1. The highest BCUT2D eigenvalue weighted by molar-refractivity contribution is 5.73. The Balaban J connectivity index is 1.97. The van der Waals surface area contributed by atoms with Gasteiger partial charge in [0.1, 0.15) is 6.04 Å². The van der Waals surface area contributed by atoms with E-state index in [0.717, 1.165) is 45.3 Å². The van der Waals surface area contributed by atoms with E-state index in [9.17, 15) is 4.79 Å². The highest BCUT2D eigenvalue weighted by atomic mass is 16.4. The molecule has 2 aliphatic rings. The van der Waals surface area contributed by atoms with Crippen molar-refractivity contribution in [1.29, 1.82) is 0 Å². The van der Waals surface area contributed by atoms with E-state index >= 15 is 0 Å². The SMILES string of the molecule is O=C(O)[C@@H]1CCCN1C1CCNCC1. The van der Waals surface area contributed by atoms with Crippen LogP contribution in [0.1, 0.15) is 25.7 Å². The number of hydrogen-bond donors (Lipinski definition) is 2. The fourth-order valence-corrected chi connectivity index (χ4v) is 2.63. The van der Waals surface area contributed by atoms with Crippen molar-refractivity contribution in [3.8, 4) is 0 Å². The van der Waals surface area contributed by atoms with Gasteiger partial charge in [-0.25, -0.2) is 0 Å². The van der Waals surface area contributed by atoms with Gasteiger partial charge >= 0.3 is 5.97 Å². The fraction of sp³-hybridized carbons (Fsp3) is 0.900. The van der Waals surface area contributed by atoms with Crippen LogP contribution < -0.4 is 5.32 Å². The Hall–Kier alpha value is -0.610. The van der Waals surface area contributed by atoms with Gasteiger partial charge in [-0.2, -0.15) is 0 Å². The third-order valence-corrected chi connectivity index (χ3v) is 3.36. The number of likely N-dealkylation sites (tertiary alicyclic amines) is 1. The molecule has 0 radical (unpaired) electrons. The number of rotatable bonds is 2. The minimum atomic E-state index is -0.638. The third-order valence-electron chi connectivity index (χ3n) is 3.36. The first kappa shape index (κ1) is 9.93. The maximum absolute atomic E-state index is 11.0. The lowest BCUT2D eigenvalue weighted by Gasteiger charge is -2.34. The molecule has 0 aromatic heterocycles. The Morgan fingerprint density at radius 2 is 2.00 bits per heavy atom. The summed E-state index contributed by atoms with van der Waals surface area (Å²) in [7, 11) is 0. The third kappa shape index (κ3) is 1.91. The van der Waals surface area contributed by atoms with Gasteiger partial charge in [-0.1, -0.05) is 0 Å². The number of carbonyl (C=O) groups is 1. The molecule has 1 atom stereocenters. The number of aliphatic carboxylic acids is 1. The predicted molar refractivity (Wildman–Crippen MR) is 53.3 cm³/mol. The van der Waals surface area contributed by atoms with Crippen molar-refractivity contribution in [2.75, 3.05) is 19.6 Å². The van der Waals surface area contributed by atoms with E-state index in [4.69, 9.17) is 5.11 Å². The largest absolute Gasteiger partial charge is 0.480 e. The molecular weight excluding hydrogens is 180 g/mol. The van der Waals surface area contributed by atoms with Gasteiger partial charge in [0, 0.05) is 6.04 Å². The van der Waals surface area contributed by atoms with Crippen LogP contribution in [-0.4, -0.2) is 47.7 Å². The zero-order chi connectivity index (χ0) is 9.97. The second-order valence-electron chi connectivity index (χ2n) is 4.22. The van der Waals surface area contributed by atoms with Crippen molar-refractivity contribution in [2.45, 2.75) is 37.8 Å². The first-order valence-electron chi connectivity index (χ1n) is 5.48. The van der Waals surface area contributed by atoms with Crippen molar-refractivity contribution >= 4 is 5.97 Å². The summed E-state index contributed by atoms with van der Waals surface area (Å²) in [5.41, 5.74) is 0. The molecule has 2 heterocycles. The standard InChI is InChI=1S/C10H18N2O2/c13-10(14)9-2-1-7-12(9)8-3-5-11-6-4-8/h8-9,11H,1-7H2,(H,13,14)/t9-/m0/s1. The van der Waals surface area contributed by atoms with Gasteiger partial charge in [-0.05, 0) is 45.3 Å². The molecule has 0 amide bonds. The molecule has 0 aliphatic carbocycles. The number of nitrogens with one attached hydrogen (secondary N) is 1. The van der Waals surface area contributed by atoms with Crippen LogP contribution in [0.5, 0.6) is 0 Å². The molecular formula is C10H18N2O2. The monoisotopic (exact) mass is 198 g/mol. The van der Waals surface area contributed by atoms with Crippen LogP contribution in [0, 0.1) is 0 Å². The average Bonchev–Trinajstić information content (AvgIpc) is 2.67. The van der Waals surface area contributed by atoms with Gasteiger partial charge in [-0.3, -0.25) is 9.69 Å². The Morgan fingerprint density at radius 3 is 2.64 bits per heavy atom. The van der Waals surface area contributed by atoms with Crippen LogP contribution in [0.2, 0.25) is 0 Å². The molecule has 0 aromatic carbocycles. The van der Waals surface area contributed by atoms with Gasteiger partial charge in [0.15, 0.2) is 0 Å². The zero-order valence-corrected chi connectivity index (χ0v) is 8.41. The fourth-order valence-electron chi connectivity index (χ4n) is 2.63. The minimum absolute atomic E-state index is 0.210. The summed E-state index contributed by atoms with van der Waals surface area (Å²) >= 11 is 0. The molecule has 2 aliphatic heterocycles. The summed E-state index contributed by atoms with van der Waals surface area (Å²) in [4.78, 5) is 13.2. The molecule has 14 heavy (non-hydrogen) atoms. The van der Waals surface area contributed by atoms with Crippen LogP contribution in [0.3, 0.4) is 0 Å². The van der Waals surface area contributed by atoms with Crippen LogP contribution in [0.4, 0.5) is 0 Å². The summed E-state index contributed by atoms with van der Waals surface area (Å²) in [5.74, 6) is -0.638. The molecule has 4 heteroatoms. The molecule has 2 rings (SSSR count). The maximum atomic E-state index is 11.0. The predicted octanol–water partition coefficient (Wildman–Crippen LogP) is 0.287. The Kier molecular flexibility index (Phi) is 3.03. The lowest BCUT2D eigenvalue weighted by molar-refractivity contribution is -0.143. The summed E-state index contributed by atoms with van der Waals surface area (Å²) in [6.45, 7) is 3.04. The molecule has 0 bridgehead atoms. The molecule has 0 spiro atoms. The molecule has 2 N–H and O–H groups in total. The lowest BCUT2D eigenvalue weighted by Crippen LogP contribution is -2.47. The van der Waals surface area contributed by atoms with Crippen LogP contribution in [-0.2, 0) is 4.79 Å². The molecule has 4 nitrogen and oxygen atoms in total. The van der Waals surface area contributed by atoms with E-state index < -0.39 is 5.97 Å². The van der Waals surface area contributed by atoms with Crippen molar-refractivity contribution in [2.24, 2.45) is 0 Å². The van der Waals surface area contributed by atoms with Crippen molar-refractivity contribution in [1.82, 2.24) is 10.2 Å². The van der Waals surface area contributed by atoms with E-state index in [1.165, 1.54) is 0 Å². The van der Waals surface area contributed by atoms with E-state index in [0.29, 0.717) is 6.04 Å². The average molecular weight is 198 g/mol. The summed E-state index contributed by atoms with van der Waals surface area (Å²) in [6.07, 6.45) is 4.08. The molecule has 0 aromatic rings. The van der Waals surface area contributed by atoms with E-state index in [1.54, 1.807) is 0 Å². The lowest BCUT2D eigenvalue weighted by atomic mass is 10.0. The van der Waals surface area contributed by atoms with Gasteiger partial charge in [0.2, 0.25) is 0 Å². The molecule has 0 saturated carbocycles. The highest BCUT2D eigenvalue weighted by Gasteiger charge is 2.35. The number of hydrogen-bond acceptors (Lipinski definition) is 3. The highest BCUT2D eigenvalue weighted by Crippen LogP contribution is 2.24. The van der Waals surface area contributed by atoms with Gasteiger partial charge in [-0.15, -0.1) is 0 Å². The molecule has 0 unspecified atom stereocenters. The van der Waals surface area contributed by atoms with E-state index in [2.05, 4.69) is 10.2 Å². The van der Waals surface area contributed by atoms with Gasteiger partial charge in [0.25, 0.3) is 0 Å². The second-order valence-corrected chi connectivity index (χ2v) is 4.22. The normalized spacial score (nSPS) is 30.7. The zero-order valence-electron chi connectivity index (χ0n) is 8.41. The van der Waals surface area contributed by atoms with E-state index in [1.807, 2.05) is 0 Å². The first-order chi connectivity index (χ1) is 6.79. The smallest absolute Gasteiger partial charge is 0.320 e. The van der Waals surface area contributed by atoms with Crippen LogP contribution in [0.15, 0.2) is 0 Å². The van der Waals surface area contributed by atoms with E-state index in [-0.39, 0.29) is 6.04 Å². The molecule has 2 fully saturated rings. The summed E-state index contributed by atoms with van der Waals surface area (Å²) in [6, 6.07) is 0.290. The Bertz CT molecular complexity index is 214. The van der Waals surface area contributed by atoms with Crippen molar-refractivity contribution in [3.63, 3.8) is 0 Å².